The topological polar surface area (TPSA) is 66.7 Å². The van der Waals surface area contributed by atoms with Crippen molar-refractivity contribution in [1.82, 2.24) is 4.90 Å². The number of hydrogen-bond donors (Lipinski definition) is 0. The Balaban J connectivity index is 1.24. The maximum Gasteiger partial charge on any atom is 0.288 e. The first-order valence-corrected chi connectivity index (χ1v) is 13.0. The number of nitro benzene ring substituents is 1. The summed E-state index contributed by atoms with van der Waals surface area (Å²) in [6.07, 6.45) is 1.56. The van der Waals surface area contributed by atoms with Crippen molar-refractivity contribution < 1.29 is 14.1 Å². The molecule has 2 aliphatic heterocycles. The van der Waals surface area contributed by atoms with Gasteiger partial charge in [-0.05, 0) is 84.2 Å². The predicted octanol–water partition coefficient (Wildman–Crippen LogP) is 6.73. The second kappa shape index (κ2) is 9.49. The highest BCUT2D eigenvalue weighted by Gasteiger charge is 2.46. The average Bonchev–Trinajstić information content (AvgIpc) is 3.22. The number of carbonyl (C=O) groups excluding carboxylic acids is 1. The van der Waals surface area contributed by atoms with Gasteiger partial charge in [-0.1, -0.05) is 48.0 Å². The van der Waals surface area contributed by atoms with Crippen LogP contribution < -0.4 is 4.90 Å². The molecule has 8 heteroatoms. The van der Waals surface area contributed by atoms with Crippen LogP contribution in [0.3, 0.4) is 0 Å². The second-order valence-corrected chi connectivity index (χ2v) is 10.6. The smallest absolute Gasteiger partial charge is 0.288 e. The fourth-order valence-electron chi connectivity index (χ4n) is 5.93. The molecule has 1 fully saturated rings. The van der Waals surface area contributed by atoms with Gasteiger partial charge in [0.25, 0.3) is 11.6 Å². The van der Waals surface area contributed by atoms with Gasteiger partial charge in [-0.2, -0.15) is 0 Å². The van der Waals surface area contributed by atoms with Crippen LogP contribution in [0.15, 0.2) is 78.9 Å². The van der Waals surface area contributed by atoms with Crippen molar-refractivity contribution in [1.29, 1.82) is 0 Å². The highest BCUT2D eigenvalue weighted by Crippen LogP contribution is 2.48. The number of fused-ring (bicyclic) bond motifs is 3. The molecule has 0 bridgehead atoms. The predicted molar refractivity (Wildman–Crippen MR) is 146 cm³/mol. The van der Waals surface area contributed by atoms with E-state index < -0.39 is 4.92 Å². The summed E-state index contributed by atoms with van der Waals surface area (Å²) in [5.74, 6) is -0.689. The highest BCUT2D eigenvalue weighted by molar-refractivity contribution is 6.32. The standard InChI is InChI=1S/C30H25ClFN3O3/c31-26-9-7-23(16-28(26)35(37)38)29(36)34-19-30(25-17-24(32)8-10-27(25)34)11-13-33(14-12-30)18-20-5-6-21-3-1-2-4-22(21)15-20/h1-10,15-17H,11-14,18-19H2. The number of halogens is 2. The van der Waals surface area contributed by atoms with Crippen LogP contribution in [0.25, 0.3) is 10.8 Å². The number of piperidine rings is 1. The molecule has 0 aliphatic carbocycles. The zero-order chi connectivity index (χ0) is 26.4. The van der Waals surface area contributed by atoms with Crippen molar-refractivity contribution in [2.45, 2.75) is 24.8 Å². The van der Waals surface area contributed by atoms with E-state index in [1.54, 1.807) is 17.0 Å². The molecule has 0 atom stereocenters. The average molecular weight is 530 g/mol. The normalized spacial score (nSPS) is 16.6. The van der Waals surface area contributed by atoms with E-state index in [2.05, 4.69) is 35.2 Å². The van der Waals surface area contributed by atoms with Gasteiger partial charge < -0.3 is 4.90 Å². The van der Waals surface area contributed by atoms with Crippen molar-refractivity contribution in [3.63, 3.8) is 0 Å². The van der Waals surface area contributed by atoms with E-state index in [-0.39, 0.29) is 33.4 Å². The molecule has 0 N–H and O–H groups in total. The SMILES string of the molecule is O=C(c1ccc(Cl)c([N+](=O)[O-])c1)N1CC2(CCN(Cc3ccc4ccccc4c3)CC2)c2cc(F)ccc21. The fourth-order valence-corrected chi connectivity index (χ4v) is 6.11. The molecule has 0 unspecified atom stereocenters. The maximum atomic E-state index is 14.4. The molecule has 4 aromatic carbocycles. The first-order valence-electron chi connectivity index (χ1n) is 12.6. The zero-order valence-electron chi connectivity index (χ0n) is 20.6. The molecular formula is C30H25ClFN3O3. The molecule has 192 valence electrons. The molecule has 2 aliphatic rings. The number of benzene rings is 4. The van der Waals surface area contributed by atoms with Crippen LogP contribution in [-0.2, 0) is 12.0 Å². The largest absolute Gasteiger partial charge is 0.307 e. The number of likely N-dealkylation sites (tertiary alicyclic amines) is 1. The monoisotopic (exact) mass is 529 g/mol. The Morgan fingerprint density at radius 3 is 2.50 bits per heavy atom. The van der Waals surface area contributed by atoms with Crippen LogP contribution in [0.5, 0.6) is 0 Å². The molecule has 4 aromatic rings. The molecule has 6 rings (SSSR count). The summed E-state index contributed by atoms with van der Waals surface area (Å²) in [4.78, 5) is 28.4. The van der Waals surface area contributed by atoms with Crippen LogP contribution in [0, 0.1) is 15.9 Å². The number of rotatable bonds is 4. The van der Waals surface area contributed by atoms with Gasteiger partial charge in [-0.3, -0.25) is 19.8 Å². The molecule has 0 aromatic heterocycles. The number of carbonyl (C=O) groups is 1. The van der Waals surface area contributed by atoms with E-state index in [1.807, 2.05) is 12.1 Å². The summed E-state index contributed by atoms with van der Waals surface area (Å²) >= 11 is 5.96. The first-order chi connectivity index (χ1) is 18.3. The third kappa shape index (κ3) is 4.31. The summed E-state index contributed by atoms with van der Waals surface area (Å²) in [6.45, 7) is 2.87. The van der Waals surface area contributed by atoms with E-state index in [4.69, 9.17) is 11.6 Å². The van der Waals surface area contributed by atoms with Crippen LogP contribution in [-0.4, -0.2) is 35.4 Å². The van der Waals surface area contributed by atoms with Crippen LogP contribution in [0.4, 0.5) is 15.8 Å². The Kier molecular flexibility index (Phi) is 6.13. The fraction of sp³-hybridized carbons (Fsp3) is 0.233. The van der Waals surface area contributed by atoms with Crippen LogP contribution >= 0.6 is 11.6 Å². The Bertz CT molecular complexity index is 1580. The minimum absolute atomic E-state index is 0.0225. The van der Waals surface area contributed by atoms with E-state index in [0.717, 1.165) is 38.0 Å². The number of anilines is 1. The van der Waals surface area contributed by atoms with Gasteiger partial charge in [-0.25, -0.2) is 4.39 Å². The van der Waals surface area contributed by atoms with Gasteiger partial charge in [0.2, 0.25) is 0 Å². The Hall–Kier alpha value is -3.81. The number of hydrogen-bond acceptors (Lipinski definition) is 4. The Labute approximate surface area is 224 Å². The summed E-state index contributed by atoms with van der Waals surface area (Å²) in [6, 6.07) is 23.5. The minimum Gasteiger partial charge on any atom is -0.307 e. The summed E-state index contributed by atoms with van der Waals surface area (Å²) in [5.41, 5.74) is 2.25. The second-order valence-electron chi connectivity index (χ2n) is 10.2. The quantitative estimate of drug-likeness (QED) is 0.217. The van der Waals surface area contributed by atoms with Crippen molar-refractivity contribution in [3.05, 3.63) is 117 Å². The highest BCUT2D eigenvalue weighted by atomic mass is 35.5. The maximum absolute atomic E-state index is 14.4. The van der Waals surface area contributed by atoms with Crippen molar-refractivity contribution in [2.75, 3.05) is 24.5 Å². The van der Waals surface area contributed by atoms with Crippen molar-refractivity contribution in [2.24, 2.45) is 0 Å². The van der Waals surface area contributed by atoms with E-state index >= 15 is 0 Å². The Morgan fingerprint density at radius 2 is 1.74 bits per heavy atom. The van der Waals surface area contributed by atoms with Crippen molar-refractivity contribution >= 4 is 39.7 Å². The summed E-state index contributed by atoms with van der Waals surface area (Å²) in [5, 5.41) is 13.8. The molecule has 0 radical (unpaired) electrons. The summed E-state index contributed by atoms with van der Waals surface area (Å²) < 4.78 is 14.4. The minimum atomic E-state index is -0.598. The molecular weight excluding hydrogens is 505 g/mol. The van der Waals surface area contributed by atoms with Crippen LogP contribution in [0.2, 0.25) is 5.02 Å². The van der Waals surface area contributed by atoms with Gasteiger partial charge in [0.05, 0.1) is 4.92 Å². The van der Waals surface area contributed by atoms with E-state index in [0.29, 0.717) is 12.2 Å². The van der Waals surface area contributed by atoms with Gasteiger partial charge in [0.15, 0.2) is 0 Å². The van der Waals surface area contributed by atoms with Gasteiger partial charge in [0.1, 0.15) is 10.8 Å². The molecule has 38 heavy (non-hydrogen) atoms. The number of amides is 1. The van der Waals surface area contributed by atoms with Crippen molar-refractivity contribution in [3.8, 4) is 0 Å². The third-order valence-corrected chi connectivity index (χ3v) is 8.27. The molecule has 2 heterocycles. The lowest BCUT2D eigenvalue weighted by atomic mass is 9.74. The van der Waals surface area contributed by atoms with E-state index in [1.165, 1.54) is 40.6 Å². The molecule has 0 saturated carbocycles. The summed E-state index contributed by atoms with van der Waals surface area (Å²) in [7, 11) is 0. The molecule has 1 amide bonds. The molecule has 1 spiro atoms. The third-order valence-electron chi connectivity index (χ3n) is 7.95. The van der Waals surface area contributed by atoms with E-state index in [9.17, 15) is 19.3 Å². The van der Waals surface area contributed by atoms with Gasteiger partial charge >= 0.3 is 0 Å². The lowest BCUT2D eigenvalue weighted by molar-refractivity contribution is -0.384. The Morgan fingerprint density at radius 1 is 0.974 bits per heavy atom. The first kappa shape index (κ1) is 24.5. The molecule has 6 nitrogen and oxygen atoms in total. The van der Waals surface area contributed by atoms with Gasteiger partial charge in [0, 0.05) is 35.8 Å². The lowest BCUT2D eigenvalue weighted by Gasteiger charge is -2.40. The van der Waals surface area contributed by atoms with Gasteiger partial charge in [-0.15, -0.1) is 0 Å². The lowest BCUT2D eigenvalue weighted by Crippen LogP contribution is -2.45. The number of nitrogens with zero attached hydrogens (tertiary/aromatic N) is 3. The number of nitro groups is 1. The van der Waals surface area contributed by atoms with Crippen LogP contribution in [0.1, 0.15) is 34.3 Å². The zero-order valence-corrected chi connectivity index (χ0v) is 21.3. The molecule has 1 saturated heterocycles.